The van der Waals surface area contributed by atoms with E-state index in [1.54, 1.807) is 13.8 Å². The summed E-state index contributed by atoms with van der Waals surface area (Å²) in [5.74, 6) is -0.598. The second-order valence-corrected chi connectivity index (χ2v) is 5.29. The van der Waals surface area contributed by atoms with Gasteiger partial charge in [0.05, 0.1) is 12.0 Å². The number of hydrogen-bond donors (Lipinski definition) is 1. The lowest BCUT2D eigenvalue weighted by Gasteiger charge is -2.29. The number of carbonyl (C=O) groups is 1. The second kappa shape index (κ2) is 4.94. The standard InChI is InChI=1S/C11H22O4/c1-8(2)11(5,6)15-14-7-10(3,4)9(12)13/h8H,7H2,1-6H3,(H,12,13). The lowest BCUT2D eigenvalue weighted by molar-refractivity contribution is -0.370. The van der Waals surface area contributed by atoms with E-state index in [1.165, 1.54) is 0 Å². The second-order valence-electron chi connectivity index (χ2n) is 5.29. The molecule has 0 rings (SSSR count). The molecule has 0 aliphatic rings. The zero-order valence-electron chi connectivity index (χ0n) is 10.5. The van der Waals surface area contributed by atoms with E-state index in [9.17, 15) is 4.79 Å². The first kappa shape index (κ1) is 14.4. The van der Waals surface area contributed by atoms with E-state index in [0.717, 1.165) is 0 Å². The Balaban J connectivity index is 4.05. The predicted octanol–water partition coefficient (Wildman–Crippen LogP) is 2.48. The van der Waals surface area contributed by atoms with Gasteiger partial charge >= 0.3 is 5.97 Å². The van der Waals surface area contributed by atoms with Crippen LogP contribution in [0.2, 0.25) is 0 Å². The molecular weight excluding hydrogens is 196 g/mol. The van der Waals surface area contributed by atoms with E-state index in [-0.39, 0.29) is 6.61 Å². The third-order valence-electron chi connectivity index (χ3n) is 2.66. The minimum atomic E-state index is -0.924. The lowest BCUT2D eigenvalue weighted by atomic mass is 9.95. The maximum atomic E-state index is 10.8. The van der Waals surface area contributed by atoms with Crippen LogP contribution < -0.4 is 0 Å². The molecule has 0 atom stereocenters. The van der Waals surface area contributed by atoms with Crippen molar-refractivity contribution < 1.29 is 19.7 Å². The van der Waals surface area contributed by atoms with Crippen molar-refractivity contribution in [3.8, 4) is 0 Å². The molecule has 0 unspecified atom stereocenters. The molecule has 15 heavy (non-hydrogen) atoms. The molecule has 0 saturated heterocycles. The van der Waals surface area contributed by atoms with Crippen LogP contribution in [0, 0.1) is 11.3 Å². The number of carboxylic acid groups (broad SMARTS) is 1. The molecule has 4 heteroatoms. The topological polar surface area (TPSA) is 55.8 Å². The highest BCUT2D eigenvalue weighted by Crippen LogP contribution is 2.23. The van der Waals surface area contributed by atoms with Crippen molar-refractivity contribution in [2.45, 2.75) is 47.1 Å². The molecule has 0 amide bonds. The van der Waals surface area contributed by atoms with E-state index >= 15 is 0 Å². The Kier molecular flexibility index (Phi) is 4.74. The summed E-state index contributed by atoms with van der Waals surface area (Å²) in [6.07, 6.45) is 0. The number of hydrogen-bond acceptors (Lipinski definition) is 3. The first-order valence-corrected chi connectivity index (χ1v) is 5.13. The van der Waals surface area contributed by atoms with Crippen LogP contribution in [0.25, 0.3) is 0 Å². The van der Waals surface area contributed by atoms with Crippen molar-refractivity contribution in [2.24, 2.45) is 11.3 Å². The summed E-state index contributed by atoms with van der Waals surface area (Å²) in [7, 11) is 0. The third kappa shape index (κ3) is 4.62. The van der Waals surface area contributed by atoms with Crippen molar-refractivity contribution >= 4 is 5.97 Å². The van der Waals surface area contributed by atoms with Crippen molar-refractivity contribution in [3.63, 3.8) is 0 Å². The molecule has 0 aliphatic heterocycles. The van der Waals surface area contributed by atoms with E-state index in [2.05, 4.69) is 0 Å². The molecule has 0 fully saturated rings. The van der Waals surface area contributed by atoms with Crippen LogP contribution in [0.4, 0.5) is 0 Å². The predicted molar refractivity (Wildman–Crippen MR) is 57.4 cm³/mol. The summed E-state index contributed by atoms with van der Waals surface area (Å²) >= 11 is 0. The van der Waals surface area contributed by atoms with Gasteiger partial charge in [0, 0.05) is 0 Å². The molecule has 0 saturated carbocycles. The minimum Gasteiger partial charge on any atom is -0.481 e. The minimum absolute atomic E-state index is 0.0402. The molecule has 1 N–H and O–H groups in total. The van der Waals surface area contributed by atoms with Gasteiger partial charge in [-0.25, -0.2) is 9.78 Å². The van der Waals surface area contributed by atoms with Crippen molar-refractivity contribution in [3.05, 3.63) is 0 Å². The SMILES string of the molecule is CC(C)C(C)(C)OOCC(C)(C)C(=O)O. The number of carboxylic acids is 1. The Bertz CT molecular complexity index is 219. The molecule has 0 radical (unpaired) electrons. The van der Waals surface area contributed by atoms with Gasteiger partial charge in [-0.15, -0.1) is 0 Å². The van der Waals surface area contributed by atoms with E-state index < -0.39 is 17.0 Å². The largest absolute Gasteiger partial charge is 0.481 e. The zero-order chi connectivity index (χ0) is 12.3. The van der Waals surface area contributed by atoms with Crippen LogP contribution in [0.5, 0.6) is 0 Å². The first-order valence-electron chi connectivity index (χ1n) is 5.13. The van der Waals surface area contributed by atoms with Crippen molar-refractivity contribution in [1.82, 2.24) is 0 Å². The lowest BCUT2D eigenvalue weighted by Crippen LogP contribution is -2.35. The van der Waals surface area contributed by atoms with Crippen LogP contribution >= 0.6 is 0 Å². The van der Waals surface area contributed by atoms with Gasteiger partial charge in [-0.2, -0.15) is 0 Å². The Morgan fingerprint density at radius 2 is 1.73 bits per heavy atom. The fourth-order valence-corrected chi connectivity index (χ4v) is 0.487. The van der Waals surface area contributed by atoms with Gasteiger partial charge in [-0.1, -0.05) is 13.8 Å². The highest BCUT2D eigenvalue weighted by molar-refractivity contribution is 5.73. The van der Waals surface area contributed by atoms with Gasteiger partial charge < -0.3 is 5.11 Å². The van der Waals surface area contributed by atoms with Gasteiger partial charge in [-0.3, -0.25) is 4.79 Å². The van der Waals surface area contributed by atoms with Crippen LogP contribution in [-0.2, 0) is 14.6 Å². The normalized spacial score (nSPS) is 13.3. The summed E-state index contributed by atoms with van der Waals surface area (Å²) in [5, 5.41) is 8.84. The smallest absolute Gasteiger partial charge is 0.311 e. The molecule has 4 nitrogen and oxygen atoms in total. The quantitative estimate of drug-likeness (QED) is 0.549. The van der Waals surface area contributed by atoms with Gasteiger partial charge in [0.25, 0.3) is 0 Å². The monoisotopic (exact) mass is 218 g/mol. The first-order chi connectivity index (χ1) is 6.59. The molecular formula is C11H22O4. The molecule has 90 valence electrons. The maximum absolute atomic E-state index is 10.8. The van der Waals surface area contributed by atoms with Crippen molar-refractivity contribution in [2.75, 3.05) is 6.61 Å². The van der Waals surface area contributed by atoms with Gasteiger partial charge in [0.15, 0.2) is 0 Å². The highest BCUT2D eigenvalue weighted by Gasteiger charge is 2.30. The molecule has 0 aromatic carbocycles. The molecule has 0 aliphatic carbocycles. The van der Waals surface area contributed by atoms with E-state index in [0.29, 0.717) is 5.92 Å². The Morgan fingerprint density at radius 3 is 2.07 bits per heavy atom. The highest BCUT2D eigenvalue weighted by atomic mass is 17.2. The summed E-state index contributed by atoms with van der Waals surface area (Å²) in [4.78, 5) is 21.0. The van der Waals surface area contributed by atoms with Crippen LogP contribution in [0.1, 0.15) is 41.5 Å². The molecule has 0 bridgehead atoms. The fourth-order valence-electron chi connectivity index (χ4n) is 0.487. The maximum Gasteiger partial charge on any atom is 0.311 e. The van der Waals surface area contributed by atoms with Crippen LogP contribution in [0.15, 0.2) is 0 Å². The summed E-state index contributed by atoms with van der Waals surface area (Å²) in [5.41, 5.74) is -1.33. The number of rotatable bonds is 6. The molecule has 0 spiro atoms. The summed E-state index contributed by atoms with van der Waals surface area (Å²) < 4.78 is 0. The van der Waals surface area contributed by atoms with Crippen LogP contribution in [-0.4, -0.2) is 23.3 Å². The van der Waals surface area contributed by atoms with Gasteiger partial charge in [0.2, 0.25) is 0 Å². The third-order valence-corrected chi connectivity index (χ3v) is 2.66. The fraction of sp³-hybridized carbons (Fsp3) is 0.909. The van der Waals surface area contributed by atoms with Crippen LogP contribution in [0.3, 0.4) is 0 Å². The Hall–Kier alpha value is -0.610. The Labute approximate surface area is 91.5 Å². The molecule has 0 aromatic heterocycles. The summed E-state index contributed by atoms with van der Waals surface area (Å²) in [6.45, 7) is 11.1. The summed E-state index contributed by atoms with van der Waals surface area (Å²) in [6, 6.07) is 0. The molecule has 0 heterocycles. The van der Waals surface area contributed by atoms with Gasteiger partial charge in [0.1, 0.15) is 5.60 Å². The zero-order valence-corrected chi connectivity index (χ0v) is 10.5. The van der Waals surface area contributed by atoms with Crippen molar-refractivity contribution in [1.29, 1.82) is 0 Å². The average molecular weight is 218 g/mol. The van der Waals surface area contributed by atoms with E-state index in [4.69, 9.17) is 14.9 Å². The average Bonchev–Trinajstić information content (AvgIpc) is 2.02. The van der Waals surface area contributed by atoms with Gasteiger partial charge in [-0.05, 0) is 33.6 Å². The number of aliphatic carboxylic acids is 1. The molecule has 0 aromatic rings. The van der Waals surface area contributed by atoms with E-state index in [1.807, 2.05) is 27.7 Å². The Morgan fingerprint density at radius 1 is 1.27 bits per heavy atom.